The van der Waals surface area contributed by atoms with Gasteiger partial charge in [0.1, 0.15) is 5.75 Å². The molecule has 1 atom stereocenters. The molecule has 0 amide bonds. The average molecular weight is 272 g/mol. The molecule has 20 heavy (non-hydrogen) atoms. The average Bonchev–Trinajstić information content (AvgIpc) is 2.52. The van der Waals surface area contributed by atoms with E-state index in [4.69, 9.17) is 9.47 Å². The second kappa shape index (κ2) is 6.91. The number of hydrogen-bond donors (Lipinski definition) is 1. The fraction of sp³-hybridized carbons (Fsp3) is 0.312. The summed E-state index contributed by atoms with van der Waals surface area (Å²) >= 11 is 0. The van der Waals surface area contributed by atoms with Gasteiger partial charge in [0.05, 0.1) is 14.2 Å². The molecule has 0 saturated carbocycles. The topological polar surface area (TPSA) is 43.4 Å². The van der Waals surface area contributed by atoms with E-state index in [-0.39, 0.29) is 6.04 Å². The highest BCUT2D eigenvalue weighted by Crippen LogP contribution is 2.19. The molecule has 4 nitrogen and oxygen atoms in total. The van der Waals surface area contributed by atoms with Gasteiger partial charge in [-0.15, -0.1) is 0 Å². The highest BCUT2D eigenvalue weighted by molar-refractivity contribution is 5.30. The van der Waals surface area contributed by atoms with Gasteiger partial charge in [-0.1, -0.05) is 12.1 Å². The van der Waals surface area contributed by atoms with Crippen molar-refractivity contribution in [3.63, 3.8) is 0 Å². The zero-order chi connectivity index (χ0) is 14.4. The molecule has 106 valence electrons. The van der Waals surface area contributed by atoms with Crippen LogP contribution < -0.4 is 14.8 Å². The lowest BCUT2D eigenvalue weighted by atomic mass is 10.1. The van der Waals surface area contributed by atoms with Crippen LogP contribution in [0, 0.1) is 0 Å². The SMILES string of the molecule is COc1cccc(C(C)NCc2ccnc(OC)c2)c1. The van der Waals surface area contributed by atoms with Crippen molar-refractivity contribution in [3.8, 4) is 11.6 Å². The molecule has 0 aliphatic heterocycles. The van der Waals surface area contributed by atoms with Crippen LogP contribution in [0.1, 0.15) is 24.1 Å². The van der Waals surface area contributed by atoms with Crippen LogP contribution in [0.5, 0.6) is 11.6 Å². The van der Waals surface area contributed by atoms with Gasteiger partial charge >= 0.3 is 0 Å². The summed E-state index contributed by atoms with van der Waals surface area (Å²) < 4.78 is 10.4. The van der Waals surface area contributed by atoms with Crippen LogP contribution in [0.4, 0.5) is 0 Å². The quantitative estimate of drug-likeness (QED) is 0.878. The summed E-state index contributed by atoms with van der Waals surface area (Å²) in [5.41, 5.74) is 2.34. The molecule has 1 heterocycles. The molecule has 1 aromatic heterocycles. The number of pyridine rings is 1. The van der Waals surface area contributed by atoms with Crippen molar-refractivity contribution in [2.45, 2.75) is 19.5 Å². The van der Waals surface area contributed by atoms with Crippen molar-refractivity contribution < 1.29 is 9.47 Å². The Kier molecular flexibility index (Phi) is 4.96. The molecule has 4 heteroatoms. The predicted molar refractivity (Wildman–Crippen MR) is 79.0 cm³/mol. The molecule has 0 aliphatic rings. The number of nitrogens with zero attached hydrogens (tertiary/aromatic N) is 1. The first-order valence-electron chi connectivity index (χ1n) is 6.59. The molecule has 2 aromatic rings. The van der Waals surface area contributed by atoms with Crippen molar-refractivity contribution in [3.05, 3.63) is 53.7 Å². The second-order valence-corrected chi connectivity index (χ2v) is 4.59. The second-order valence-electron chi connectivity index (χ2n) is 4.59. The summed E-state index contributed by atoms with van der Waals surface area (Å²) in [5, 5.41) is 3.48. The van der Waals surface area contributed by atoms with Gasteiger partial charge in [-0.2, -0.15) is 0 Å². The van der Waals surface area contributed by atoms with Crippen LogP contribution in [0.2, 0.25) is 0 Å². The minimum Gasteiger partial charge on any atom is -0.497 e. The standard InChI is InChI=1S/C16H20N2O2/c1-12(14-5-4-6-15(10-14)19-2)18-11-13-7-8-17-16(9-13)20-3/h4-10,12,18H,11H2,1-3H3. The first kappa shape index (κ1) is 14.3. The Morgan fingerprint density at radius 2 is 2.00 bits per heavy atom. The van der Waals surface area contributed by atoms with Gasteiger partial charge < -0.3 is 14.8 Å². The van der Waals surface area contributed by atoms with Crippen LogP contribution in [-0.4, -0.2) is 19.2 Å². The predicted octanol–water partition coefficient (Wildman–Crippen LogP) is 2.95. The highest BCUT2D eigenvalue weighted by atomic mass is 16.5. The Balaban J connectivity index is 1.98. The lowest BCUT2D eigenvalue weighted by Crippen LogP contribution is -2.18. The number of hydrogen-bond acceptors (Lipinski definition) is 4. The molecule has 0 saturated heterocycles. The molecule has 1 N–H and O–H groups in total. The van der Waals surface area contributed by atoms with Gasteiger partial charge in [-0.25, -0.2) is 4.98 Å². The van der Waals surface area contributed by atoms with Crippen LogP contribution in [-0.2, 0) is 6.54 Å². The Labute approximate surface area is 119 Å². The van der Waals surface area contributed by atoms with E-state index in [0.717, 1.165) is 17.9 Å². The normalized spacial score (nSPS) is 11.9. The van der Waals surface area contributed by atoms with Gasteiger partial charge in [0.15, 0.2) is 0 Å². The van der Waals surface area contributed by atoms with Crippen molar-refractivity contribution in [1.82, 2.24) is 10.3 Å². The summed E-state index contributed by atoms with van der Waals surface area (Å²) in [6.45, 7) is 2.89. The van der Waals surface area contributed by atoms with Crippen molar-refractivity contribution in [1.29, 1.82) is 0 Å². The van der Waals surface area contributed by atoms with E-state index in [9.17, 15) is 0 Å². The highest BCUT2D eigenvalue weighted by Gasteiger charge is 2.06. The zero-order valence-electron chi connectivity index (χ0n) is 12.1. The van der Waals surface area contributed by atoms with Gasteiger partial charge in [0, 0.05) is 24.8 Å². The third-order valence-corrected chi connectivity index (χ3v) is 3.21. The number of benzene rings is 1. The fourth-order valence-electron chi connectivity index (χ4n) is 1.97. The van der Waals surface area contributed by atoms with E-state index in [1.165, 1.54) is 5.56 Å². The van der Waals surface area contributed by atoms with Gasteiger partial charge in [-0.05, 0) is 36.2 Å². The third-order valence-electron chi connectivity index (χ3n) is 3.21. The monoisotopic (exact) mass is 272 g/mol. The summed E-state index contributed by atoms with van der Waals surface area (Å²) in [6, 6.07) is 12.2. The van der Waals surface area contributed by atoms with E-state index in [0.29, 0.717) is 5.88 Å². The van der Waals surface area contributed by atoms with Crippen LogP contribution >= 0.6 is 0 Å². The van der Waals surface area contributed by atoms with Crippen molar-refractivity contribution >= 4 is 0 Å². The number of rotatable bonds is 6. The fourth-order valence-corrected chi connectivity index (χ4v) is 1.97. The summed E-state index contributed by atoms with van der Waals surface area (Å²) in [4.78, 5) is 4.10. The number of ether oxygens (including phenoxy) is 2. The van der Waals surface area contributed by atoms with E-state index in [1.54, 1.807) is 20.4 Å². The molecule has 0 fully saturated rings. The molecule has 1 unspecified atom stereocenters. The Morgan fingerprint density at radius 3 is 2.75 bits per heavy atom. The van der Waals surface area contributed by atoms with Crippen molar-refractivity contribution in [2.24, 2.45) is 0 Å². The largest absolute Gasteiger partial charge is 0.497 e. The summed E-state index contributed by atoms with van der Waals surface area (Å²) in [6.07, 6.45) is 1.76. The smallest absolute Gasteiger partial charge is 0.213 e. The molecule has 2 rings (SSSR count). The van der Waals surface area contributed by atoms with Crippen LogP contribution in [0.15, 0.2) is 42.6 Å². The Bertz CT molecular complexity index is 558. The molecule has 0 radical (unpaired) electrons. The van der Waals surface area contributed by atoms with Crippen LogP contribution in [0.3, 0.4) is 0 Å². The maximum atomic E-state index is 5.25. The molecular formula is C16H20N2O2. The summed E-state index contributed by atoms with van der Waals surface area (Å²) in [5.74, 6) is 1.51. The minimum absolute atomic E-state index is 0.240. The lowest BCUT2D eigenvalue weighted by molar-refractivity contribution is 0.397. The Morgan fingerprint density at radius 1 is 1.15 bits per heavy atom. The first-order chi connectivity index (χ1) is 9.72. The van der Waals surface area contributed by atoms with Gasteiger partial charge in [0.25, 0.3) is 0 Å². The van der Waals surface area contributed by atoms with E-state index < -0.39 is 0 Å². The molecule has 0 aliphatic carbocycles. The first-order valence-corrected chi connectivity index (χ1v) is 6.59. The third kappa shape index (κ3) is 3.71. The molecule has 0 spiro atoms. The van der Waals surface area contributed by atoms with Gasteiger partial charge in [-0.3, -0.25) is 0 Å². The van der Waals surface area contributed by atoms with Crippen LogP contribution in [0.25, 0.3) is 0 Å². The molecule has 1 aromatic carbocycles. The van der Waals surface area contributed by atoms with Gasteiger partial charge in [0.2, 0.25) is 5.88 Å². The summed E-state index contributed by atoms with van der Waals surface area (Å²) in [7, 11) is 3.30. The number of nitrogens with one attached hydrogen (secondary N) is 1. The zero-order valence-corrected chi connectivity index (χ0v) is 12.1. The Hall–Kier alpha value is -2.07. The van der Waals surface area contributed by atoms with E-state index in [1.807, 2.05) is 30.3 Å². The van der Waals surface area contributed by atoms with E-state index >= 15 is 0 Å². The molecular weight excluding hydrogens is 252 g/mol. The maximum absolute atomic E-state index is 5.25. The van der Waals surface area contributed by atoms with E-state index in [2.05, 4.69) is 23.3 Å². The number of aromatic nitrogens is 1. The number of methoxy groups -OCH3 is 2. The maximum Gasteiger partial charge on any atom is 0.213 e. The lowest BCUT2D eigenvalue weighted by Gasteiger charge is -2.15. The van der Waals surface area contributed by atoms with Crippen molar-refractivity contribution in [2.75, 3.05) is 14.2 Å². The minimum atomic E-state index is 0.240. The molecule has 0 bridgehead atoms.